The predicted octanol–water partition coefficient (Wildman–Crippen LogP) is 1.54. The molecule has 1 aromatic carbocycles. The van der Waals surface area contributed by atoms with Crippen molar-refractivity contribution < 1.29 is 19.2 Å². The minimum absolute atomic E-state index is 0.284. The van der Waals surface area contributed by atoms with Gasteiger partial charge in [0, 0.05) is 4.88 Å². The lowest BCUT2D eigenvalue weighted by molar-refractivity contribution is -0.134. The van der Waals surface area contributed by atoms with Gasteiger partial charge < -0.3 is 10.6 Å². The number of imide groups is 2. The van der Waals surface area contributed by atoms with Gasteiger partial charge in [-0.25, -0.2) is 9.59 Å². The van der Waals surface area contributed by atoms with Crippen LogP contribution in [0.3, 0.4) is 0 Å². The predicted molar refractivity (Wildman–Crippen MR) is 98.7 cm³/mol. The van der Waals surface area contributed by atoms with Crippen LogP contribution < -0.4 is 16.0 Å². The van der Waals surface area contributed by atoms with E-state index in [1.807, 2.05) is 17.5 Å². The Balaban J connectivity index is 1.58. The first kappa shape index (κ1) is 18.6. The quantitative estimate of drug-likeness (QED) is 0.678. The molecule has 1 aromatic heterocycles. The van der Waals surface area contributed by atoms with Gasteiger partial charge in [0.25, 0.3) is 5.91 Å². The standard InChI is InChI=1S/C18H18N4O4S/c1-18(12-6-3-2-4-7-12)15(24)22(17(26)21-18)11-14(23)20-16(25)19-10-13-8-5-9-27-13/h2-9H,10-11H2,1H3,(H,21,26)(H2,19,20,23,25). The van der Waals surface area contributed by atoms with Gasteiger partial charge in [0.2, 0.25) is 5.91 Å². The molecule has 1 atom stereocenters. The highest BCUT2D eigenvalue weighted by Crippen LogP contribution is 2.28. The van der Waals surface area contributed by atoms with E-state index < -0.39 is 36.0 Å². The molecule has 3 N–H and O–H groups in total. The van der Waals surface area contributed by atoms with Gasteiger partial charge in [-0.3, -0.25) is 19.8 Å². The summed E-state index contributed by atoms with van der Waals surface area (Å²) in [6, 6.07) is 11.1. The largest absolute Gasteiger partial charge is 0.333 e. The van der Waals surface area contributed by atoms with Crippen LogP contribution in [0.1, 0.15) is 17.4 Å². The molecule has 9 heteroatoms. The molecule has 1 aliphatic heterocycles. The summed E-state index contributed by atoms with van der Waals surface area (Å²) in [5.41, 5.74) is -0.639. The molecule has 1 saturated heterocycles. The van der Waals surface area contributed by atoms with Gasteiger partial charge in [0.1, 0.15) is 12.1 Å². The lowest BCUT2D eigenvalue weighted by Crippen LogP contribution is -2.46. The van der Waals surface area contributed by atoms with Gasteiger partial charge >= 0.3 is 12.1 Å². The fourth-order valence-corrected chi connectivity index (χ4v) is 3.39. The highest BCUT2D eigenvalue weighted by Gasteiger charge is 2.49. The molecule has 8 nitrogen and oxygen atoms in total. The molecular weight excluding hydrogens is 368 g/mol. The Labute approximate surface area is 159 Å². The number of thiophene rings is 1. The van der Waals surface area contributed by atoms with Crippen LogP contribution >= 0.6 is 11.3 Å². The van der Waals surface area contributed by atoms with Gasteiger partial charge in [0.05, 0.1) is 6.54 Å². The van der Waals surface area contributed by atoms with Crippen molar-refractivity contribution >= 4 is 35.2 Å². The third kappa shape index (κ3) is 3.98. The van der Waals surface area contributed by atoms with Crippen molar-refractivity contribution in [3.05, 3.63) is 58.3 Å². The maximum Gasteiger partial charge on any atom is 0.325 e. The van der Waals surface area contributed by atoms with Crippen LogP contribution in [0.4, 0.5) is 9.59 Å². The fourth-order valence-electron chi connectivity index (χ4n) is 2.74. The molecule has 27 heavy (non-hydrogen) atoms. The molecule has 2 heterocycles. The van der Waals surface area contributed by atoms with Crippen molar-refractivity contribution in [3.8, 4) is 0 Å². The van der Waals surface area contributed by atoms with Gasteiger partial charge in [-0.15, -0.1) is 11.3 Å². The van der Waals surface area contributed by atoms with Crippen LogP contribution in [0.15, 0.2) is 47.8 Å². The molecule has 0 bridgehead atoms. The van der Waals surface area contributed by atoms with E-state index in [0.717, 1.165) is 9.78 Å². The molecule has 140 valence electrons. The van der Waals surface area contributed by atoms with E-state index in [9.17, 15) is 19.2 Å². The van der Waals surface area contributed by atoms with Crippen molar-refractivity contribution in [2.75, 3.05) is 6.54 Å². The lowest BCUT2D eigenvalue weighted by atomic mass is 9.92. The Bertz CT molecular complexity index is 869. The monoisotopic (exact) mass is 386 g/mol. The van der Waals surface area contributed by atoms with Crippen LogP contribution in [0.5, 0.6) is 0 Å². The molecule has 1 unspecified atom stereocenters. The minimum Gasteiger partial charge on any atom is -0.333 e. The Morgan fingerprint density at radius 3 is 2.56 bits per heavy atom. The summed E-state index contributed by atoms with van der Waals surface area (Å²) in [4.78, 5) is 50.5. The average molecular weight is 386 g/mol. The highest BCUT2D eigenvalue weighted by atomic mass is 32.1. The van der Waals surface area contributed by atoms with E-state index in [4.69, 9.17) is 0 Å². The zero-order valence-corrected chi connectivity index (χ0v) is 15.3. The van der Waals surface area contributed by atoms with Gasteiger partial charge in [0.15, 0.2) is 0 Å². The summed E-state index contributed by atoms with van der Waals surface area (Å²) < 4.78 is 0. The van der Waals surface area contributed by atoms with Crippen LogP contribution in [-0.2, 0) is 21.7 Å². The lowest BCUT2D eigenvalue weighted by Gasteiger charge is -2.22. The third-order valence-electron chi connectivity index (χ3n) is 4.18. The summed E-state index contributed by atoms with van der Waals surface area (Å²) in [5, 5.41) is 9.14. The van der Waals surface area contributed by atoms with E-state index in [1.165, 1.54) is 11.3 Å². The van der Waals surface area contributed by atoms with E-state index in [0.29, 0.717) is 5.56 Å². The van der Waals surface area contributed by atoms with Crippen molar-refractivity contribution in [1.29, 1.82) is 0 Å². The molecule has 0 spiro atoms. The SMILES string of the molecule is CC1(c2ccccc2)NC(=O)N(CC(=O)NC(=O)NCc2cccs2)C1=O. The molecule has 6 amide bonds. The number of urea groups is 2. The van der Waals surface area contributed by atoms with Crippen LogP contribution in [-0.4, -0.2) is 35.3 Å². The summed E-state index contributed by atoms with van der Waals surface area (Å²) in [6.45, 7) is 1.32. The zero-order chi connectivity index (χ0) is 19.4. The van der Waals surface area contributed by atoms with E-state index >= 15 is 0 Å². The number of rotatable bonds is 5. The fraction of sp³-hybridized carbons (Fsp3) is 0.222. The number of amides is 6. The second-order valence-electron chi connectivity index (χ2n) is 6.12. The van der Waals surface area contributed by atoms with Crippen molar-refractivity contribution in [2.45, 2.75) is 19.0 Å². The zero-order valence-electron chi connectivity index (χ0n) is 14.5. The number of nitrogens with one attached hydrogen (secondary N) is 3. The van der Waals surface area contributed by atoms with Gasteiger partial charge in [-0.05, 0) is 23.9 Å². The summed E-state index contributed by atoms with van der Waals surface area (Å²) in [6.07, 6.45) is 0. The second-order valence-corrected chi connectivity index (χ2v) is 7.15. The van der Waals surface area contributed by atoms with E-state index in [1.54, 1.807) is 37.3 Å². The van der Waals surface area contributed by atoms with E-state index in [2.05, 4.69) is 16.0 Å². The maximum absolute atomic E-state index is 12.7. The molecule has 0 saturated carbocycles. The Hall–Kier alpha value is -3.20. The number of hydrogen-bond acceptors (Lipinski definition) is 5. The van der Waals surface area contributed by atoms with Crippen molar-refractivity contribution in [1.82, 2.24) is 20.9 Å². The smallest absolute Gasteiger partial charge is 0.325 e. The molecule has 3 rings (SSSR count). The van der Waals surface area contributed by atoms with E-state index in [-0.39, 0.29) is 6.54 Å². The van der Waals surface area contributed by atoms with Crippen LogP contribution in [0.25, 0.3) is 0 Å². The van der Waals surface area contributed by atoms with Crippen molar-refractivity contribution in [3.63, 3.8) is 0 Å². The molecule has 0 aliphatic carbocycles. The van der Waals surface area contributed by atoms with Gasteiger partial charge in [-0.1, -0.05) is 36.4 Å². The maximum atomic E-state index is 12.7. The summed E-state index contributed by atoms with van der Waals surface area (Å²) in [7, 11) is 0. The first-order valence-electron chi connectivity index (χ1n) is 8.20. The van der Waals surface area contributed by atoms with Crippen LogP contribution in [0, 0.1) is 0 Å². The number of carbonyl (C=O) groups excluding carboxylic acids is 4. The number of benzene rings is 1. The third-order valence-corrected chi connectivity index (χ3v) is 5.06. The summed E-state index contributed by atoms with van der Waals surface area (Å²) in [5.74, 6) is -1.30. The summed E-state index contributed by atoms with van der Waals surface area (Å²) >= 11 is 1.47. The normalized spacial score (nSPS) is 18.9. The highest BCUT2D eigenvalue weighted by molar-refractivity contribution is 7.09. The average Bonchev–Trinajstić information content (AvgIpc) is 3.24. The second kappa shape index (κ2) is 7.58. The molecular formula is C18H18N4O4S. The topological polar surface area (TPSA) is 108 Å². The Morgan fingerprint density at radius 1 is 1.15 bits per heavy atom. The van der Waals surface area contributed by atoms with Crippen LogP contribution in [0.2, 0.25) is 0 Å². The van der Waals surface area contributed by atoms with Gasteiger partial charge in [-0.2, -0.15) is 0 Å². The molecule has 2 aromatic rings. The Morgan fingerprint density at radius 2 is 1.89 bits per heavy atom. The molecule has 0 radical (unpaired) electrons. The number of nitrogens with zero attached hydrogens (tertiary/aromatic N) is 1. The number of hydrogen-bond donors (Lipinski definition) is 3. The molecule has 1 aliphatic rings. The van der Waals surface area contributed by atoms with Crippen molar-refractivity contribution in [2.24, 2.45) is 0 Å². The first-order valence-corrected chi connectivity index (χ1v) is 9.08. The minimum atomic E-state index is -1.25. The molecule has 1 fully saturated rings. The number of carbonyl (C=O) groups is 4. The Kier molecular flexibility index (Phi) is 5.22. The first-order chi connectivity index (χ1) is 12.9.